The topological polar surface area (TPSA) is 6.48 Å². The first kappa shape index (κ1) is 14.2. The second kappa shape index (κ2) is 6.31. The third-order valence-corrected chi connectivity index (χ3v) is 4.30. The molecular weight excluding hydrogens is 256 g/mol. The highest BCUT2D eigenvalue weighted by Crippen LogP contribution is 2.23. The molecule has 2 aromatic carbocycles. The predicted molar refractivity (Wildman–Crippen MR) is 89.5 cm³/mol. The van der Waals surface area contributed by atoms with Gasteiger partial charge in [0.15, 0.2) is 0 Å². The van der Waals surface area contributed by atoms with Crippen molar-refractivity contribution in [2.45, 2.75) is 13.0 Å². The lowest BCUT2D eigenvalue weighted by Gasteiger charge is -2.39. The maximum absolute atomic E-state index is 4.38. The van der Waals surface area contributed by atoms with Crippen molar-refractivity contribution in [1.82, 2.24) is 4.90 Å². The van der Waals surface area contributed by atoms with Gasteiger partial charge in [-0.15, -0.1) is 0 Å². The van der Waals surface area contributed by atoms with Crippen LogP contribution in [0.1, 0.15) is 17.2 Å². The van der Waals surface area contributed by atoms with Crippen molar-refractivity contribution < 1.29 is 0 Å². The first-order valence-electron chi connectivity index (χ1n) is 7.68. The Hall–Kier alpha value is -1.80. The van der Waals surface area contributed by atoms with Crippen molar-refractivity contribution in [3.8, 4) is 0 Å². The fourth-order valence-electron chi connectivity index (χ4n) is 3.02. The van der Waals surface area contributed by atoms with Gasteiger partial charge in [0.05, 0.1) is 0 Å². The van der Waals surface area contributed by atoms with Crippen LogP contribution in [0.15, 0.2) is 54.6 Å². The molecule has 21 heavy (non-hydrogen) atoms. The van der Waals surface area contributed by atoms with E-state index in [2.05, 4.69) is 78.2 Å². The van der Waals surface area contributed by atoms with E-state index < -0.39 is 0 Å². The lowest BCUT2D eigenvalue weighted by molar-refractivity contribution is 0.216. The molecular formula is C19H23N2. The van der Waals surface area contributed by atoms with Crippen molar-refractivity contribution in [1.29, 1.82) is 0 Å². The molecule has 0 saturated carbocycles. The van der Waals surface area contributed by atoms with E-state index >= 15 is 0 Å². The van der Waals surface area contributed by atoms with Gasteiger partial charge in [-0.25, -0.2) is 0 Å². The molecule has 1 saturated heterocycles. The van der Waals surface area contributed by atoms with Crippen LogP contribution in [0.5, 0.6) is 0 Å². The van der Waals surface area contributed by atoms with Crippen LogP contribution in [0.2, 0.25) is 0 Å². The maximum atomic E-state index is 4.38. The third kappa shape index (κ3) is 3.27. The van der Waals surface area contributed by atoms with Crippen molar-refractivity contribution in [2.24, 2.45) is 0 Å². The minimum absolute atomic E-state index is 0.253. The molecule has 1 radical (unpaired) electrons. The highest BCUT2D eigenvalue weighted by Gasteiger charge is 2.22. The molecule has 2 aromatic rings. The summed E-state index contributed by atoms with van der Waals surface area (Å²) in [6.45, 7) is 10.8. The molecule has 1 fully saturated rings. The Labute approximate surface area is 128 Å². The fourth-order valence-corrected chi connectivity index (χ4v) is 3.02. The van der Waals surface area contributed by atoms with Gasteiger partial charge in [-0.1, -0.05) is 48.0 Å². The molecule has 1 atom stereocenters. The Morgan fingerprint density at radius 2 is 1.62 bits per heavy atom. The van der Waals surface area contributed by atoms with Crippen LogP contribution in [0.3, 0.4) is 0 Å². The lowest BCUT2D eigenvalue weighted by Crippen LogP contribution is -2.47. The SMILES string of the molecule is [CH2]C(c1cccc(C)c1)N1CCN(c2ccccc2)CC1. The van der Waals surface area contributed by atoms with Crippen LogP contribution in [0.25, 0.3) is 0 Å². The number of nitrogens with zero attached hydrogens (tertiary/aromatic N) is 2. The number of para-hydroxylation sites is 1. The van der Waals surface area contributed by atoms with Crippen LogP contribution in [0.4, 0.5) is 5.69 Å². The van der Waals surface area contributed by atoms with Gasteiger partial charge >= 0.3 is 0 Å². The van der Waals surface area contributed by atoms with E-state index in [1.165, 1.54) is 16.8 Å². The Morgan fingerprint density at radius 1 is 0.905 bits per heavy atom. The highest BCUT2D eigenvalue weighted by molar-refractivity contribution is 5.46. The van der Waals surface area contributed by atoms with Gasteiger partial charge in [0.2, 0.25) is 0 Å². The number of rotatable bonds is 3. The van der Waals surface area contributed by atoms with E-state index in [0.29, 0.717) is 0 Å². The molecule has 0 N–H and O–H groups in total. The molecule has 0 aliphatic carbocycles. The maximum Gasteiger partial charge on any atom is 0.0367 e. The number of hydrogen-bond donors (Lipinski definition) is 0. The summed E-state index contributed by atoms with van der Waals surface area (Å²) in [5.74, 6) is 0. The third-order valence-electron chi connectivity index (χ3n) is 4.30. The summed E-state index contributed by atoms with van der Waals surface area (Å²) in [7, 11) is 0. The van der Waals surface area contributed by atoms with E-state index in [9.17, 15) is 0 Å². The summed E-state index contributed by atoms with van der Waals surface area (Å²) < 4.78 is 0. The first-order valence-corrected chi connectivity index (χ1v) is 7.68. The Balaban J connectivity index is 1.63. The number of anilines is 1. The van der Waals surface area contributed by atoms with Gasteiger partial charge < -0.3 is 4.90 Å². The van der Waals surface area contributed by atoms with Crippen LogP contribution in [-0.2, 0) is 0 Å². The quantitative estimate of drug-likeness (QED) is 0.845. The Bertz CT molecular complexity index is 571. The molecule has 1 heterocycles. The molecule has 109 valence electrons. The van der Waals surface area contributed by atoms with E-state index in [0.717, 1.165) is 26.2 Å². The average Bonchev–Trinajstić information content (AvgIpc) is 2.55. The molecule has 0 amide bonds. The molecule has 0 bridgehead atoms. The smallest absolute Gasteiger partial charge is 0.0367 e. The molecule has 1 aliphatic rings. The summed E-state index contributed by atoms with van der Waals surface area (Å²) in [6, 6.07) is 19.6. The minimum atomic E-state index is 0.253. The van der Waals surface area contributed by atoms with Gasteiger partial charge in [0, 0.05) is 37.9 Å². The standard InChI is InChI=1S/C19H23N2/c1-16-7-6-8-18(15-16)17(2)20-11-13-21(14-12-20)19-9-4-3-5-10-19/h3-10,15,17H,2,11-14H2,1H3. The summed E-state index contributed by atoms with van der Waals surface area (Å²) in [5.41, 5.74) is 3.96. The summed E-state index contributed by atoms with van der Waals surface area (Å²) in [6.07, 6.45) is 0. The Kier molecular flexibility index (Phi) is 4.26. The zero-order valence-electron chi connectivity index (χ0n) is 12.7. The van der Waals surface area contributed by atoms with E-state index in [1.807, 2.05) is 0 Å². The monoisotopic (exact) mass is 279 g/mol. The van der Waals surface area contributed by atoms with Crippen LogP contribution < -0.4 is 4.90 Å². The highest BCUT2D eigenvalue weighted by atomic mass is 15.3. The minimum Gasteiger partial charge on any atom is -0.369 e. The second-order valence-electron chi connectivity index (χ2n) is 5.79. The molecule has 0 spiro atoms. The largest absolute Gasteiger partial charge is 0.369 e. The van der Waals surface area contributed by atoms with Gasteiger partial charge in [-0.3, -0.25) is 4.90 Å². The van der Waals surface area contributed by atoms with E-state index in [4.69, 9.17) is 0 Å². The molecule has 2 nitrogen and oxygen atoms in total. The van der Waals surface area contributed by atoms with Crippen molar-refractivity contribution in [3.63, 3.8) is 0 Å². The zero-order chi connectivity index (χ0) is 14.7. The molecule has 3 rings (SSSR count). The number of aryl methyl sites for hydroxylation is 1. The van der Waals surface area contributed by atoms with Crippen LogP contribution in [-0.4, -0.2) is 31.1 Å². The van der Waals surface area contributed by atoms with Gasteiger partial charge in [-0.05, 0) is 31.5 Å². The van der Waals surface area contributed by atoms with E-state index in [-0.39, 0.29) is 6.04 Å². The molecule has 1 aliphatic heterocycles. The van der Waals surface area contributed by atoms with Gasteiger partial charge in [0.1, 0.15) is 0 Å². The Morgan fingerprint density at radius 3 is 2.29 bits per heavy atom. The first-order chi connectivity index (χ1) is 10.2. The predicted octanol–water partition coefficient (Wildman–Crippen LogP) is 3.69. The average molecular weight is 279 g/mol. The van der Waals surface area contributed by atoms with Gasteiger partial charge in [0.25, 0.3) is 0 Å². The normalized spacial score (nSPS) is 17.7. The summed E-state index contributed by atoms with van der Waals surface area (Å²) in [5, 5.41) is 0. The van der Waals surface area contributed by atoms with Crippen molar-refractivity contribution >= 4 is 5.69 Å². The van der Waals surface area contributed by atoms with Crippen molar-refractivity contribution in [3.05, 3.63) is 72.6 Å². The summed E-state index contributed by atoms with van der Waals surface area (Å²) >= 11 is 0. The zero-order valence-corrected chi connectivity index (χ0v) is 12.7. The van der Waals surface area contributed by atoms with Gasteiger partial charge in [-0.2, -0.15) is 0 Å². The number of piperazine rings is 1. The molecule has 2 heteroatoms. The molecule has 0 aromatic heterocycles. The summed E-state index contributed by atoms with van der Waals surface area (Å²) in [4.78, 5) is 4.94. The number of benzene rings is 2. The number of hydrogen-bond acceptors (Lipinski definition) is 2. The molecule has 1 unspecified atom stereocenters. The van der Waals surface area contributed by atoms with E-state index in [1.54, 1.807) is 0 Å². The van der Waals surface area contributed by atoms with Crippen LogP contribution >= 0.6 is 0 Å². The van der Waals surface area contributed by atoms with Crippen molar-refractivity contribution in [2.75, 3.05) is 31.1 Å². The van der Waals surface area contributed by atoms with Crippen LogP contribution in [0, 0.1) is 13.8 Å². The second-order valence-corrected chi connectivity index (χ2v) is 5.79. The fraction of sp³-hybridized carbons (Fsp3) is 0.316. The lowest BCUT2D eigenvalue weighted by atomic mass is 10.0.